The molecule has 2 aliphatic heterocycles. The van der Waals surface area contributed by atoms with Crippen molar-refractivity contribution in [3.63, 3.8) is 0 Å². The standard InChI is InChI=1S/C23H23ClN4O2S/c24-15-8-9-20(29)19(13-15)28-22(21(26-23(28)31)17-6-1-2-10-25-17)18-7-3-11-27(18)14-16-5-4-12-30-16/h1-3,6-11,13,16,21-22,29H,4-5,12,14H2,(H,26,31)/t16-,21+,22-/m0/s1. The molecule has 0 amide bonds. The van der Waals surface area contributed by atoms with Crippen molar-refractivity contribution >= 4 is 34.6 Å². The van der Waals surface area contributed by atoms with Gasteiger partial charge in [0.25, 0.3) is 0 Å². The molecule has 3 atom stereocenters. The number of aromatic hydroxyl groups is 1. The monoisotopic (exact) mass is 454 g/mol. The van der Waals surface area contributed by atoms with E-state index in [-0.39, 0.29) is 23.9 Å². The van der Waals surface area contributed by atoms with Gasteiger partial charge in [0, 0.05) is 36.3 Å². The van der Waals surface area contributed by atoms with Gasteiger partial charge in [-0.3, -0.25) is 4.98 Å². The van der Waals surface area contributed by atoms with Crippen molar-refractivity contribution in [3.05, 3.63) is 77.3 Å². The summed E-state index contributed by atoms with van der Waals surface area (Å²) in [5.74, 6) is 0.123. The summed E-state index contributed by atoms with van der Waals surface area (Å²) in [6.45, 7) is 1.59. The highest BCUT2D eigenvalue weighted by Crippen LogP contribution is 2.45. The van der Waals surface area contributed by atoms with Crippen molar-refractivity contribution in [2.24, 2.45) is 0 Å². The van der Waals surface area contributed by atoms with E-state index in [0.717, 1.165) is 37.4 Å². The minimum Gasteiger partial charge on any atom is -0.506 e. The van der Waals surface area contributed by atoms with Crippen molar-refractivity contribution in [2.75, 3.05) is 11.5 Å². The number of halogens is 1. The highest BCUT2D eigenvalue weighted by atomic mass is 35.5. The zero-order valence-corrected chi connectivity index (χ0v) is 18.4. The molecule has 5 rings (SSSR count). The van der Waals surface area contributed by atoms with Gasteiger partial charge in [-0.15, -0.1) is 0 Å². The molecule has 2 fully saturated rings. The molecule has 160 valence electrons. The molecule has 2 aromatic heterocycles. The van der Waals surface area contributed by atoms with Crippen molar-refractivity contribution in [3.8, 4) is 5.75 Å². The molecule has 0 unspecified atom stereocenters. The minimum atomic E-state index is -0.219. The third-order valence-electron chi connectivity index (χ3n) is 5.89. The largest absolute Gasteiger partial charge is 0.506 e. The Kier molecular flexibility index (Phi) is 5.56. The maximum atomic E-state index is 10.7. The number of nitrogens with one attached hydrogen (secondary N) is 1. The Labute approximate surface area is 191 Å². The van der Waals surface area contributed by atoms with Crippen molar-refractivity contribution in [2.45, 2.75) is 37.6 Å². The molecule has 0 radical (unpaired) electrons. The quantitative estimate of drug-likeness (QED) is 0.549. The van der Waals surface area contributed by atoms with Crippen LogP contribution in [0.2, 0.25) is 5.02 Å². The Morgan fingerprint density at radius 2 is 2.13 bits per heavy atom. The van der Waals surface area contributed by atoms with E-state index >= 15 is 0 Å². The molecule has 2 saturated heterocycles. The van der Waals surface area contributed by atoms with Gasteiger partial charge in [-0.05, 0) is 67.5 Å². The maximum Gasteiger partial charge on any atom is 0.174 e. The summed E-state index contributed by atoms with van der Waals surface area (Å²) >= 11 is 12.0. The lowest BCUT2D eigenvalue weighted by molar-refractivity contribution is 0.0961. The van der Waals surface area contributed by atoms with Crippen LogP contribution in [0.3, 0.4) is 0 Å². The summed E-state index contributed by atoms with van der Waals surface area (Å²) in [7, 11) is 0. The number of pyridine rings is 1. The van der Waals surface area contributed by atoms with Gasteiger partial charge in [-0.1, -0.05) is 17.7 Å². The van der Waals surface area contributed by atoms with E-state index in [0.29, 0.717) is 15.8 Å². The first-order chi connectivity index (χ1) is 15.1. The Bertz CT molecular complexity index is 1080. The van der Waals surface area contributed by atoms with E-state index in [1.165, 1.54) is 0 Å². The maximum absolute atomic E-state index is 10.7. The Morgan fingerprint density at radius 3 is 2.90 bits per heavy atom. The second kappa shape index (κ2) is 8.49. The molecule has 2 N–H and O–H groups in total. The minimum absolute atomic E-state index is 0.123. The van der Waals surface area contributed by atoms with Crippen LogP contribution in [-0.4, -0.2) is 32.5 Å². The zero-order chi connectivity index (χ0) is 21.4. The van der Waals surface area contributed by atoms with Gasteiger partial charge >= 0.3 is 0 Å². The predicted molar refractivity (Wildman–Crippen MR) is 124 cm³/mol. The SMILES string of the molecule is Oc1ccc(Cl)cc1N1C(=S)N[C@H](c2ccccn2)[C@@H]1c1cccn1C[C@@H]1CCCO1. The first-order valence-electron chi connectivity index (χ1n) is 10.4. The highest BCUT2D eigenvalue weighted by Gasteiger charge is 2.43. The third-order valence-corrected chi connectivity index (χ3v) is 6.44. The summed E-state index contributed by atoms with van der Waals surface area (Å²) in [4.78, 5) is 6.53. The summed E-state index contributed by atoms with van der Waals surface area (Å²) in [6, 6.07) is 14.6. The fraction of sp³-hybridized carbons (Fsp3) is 0.304. The van der Waals surface area contributed by atoms with Gasteiger partial charge in [-0.25, -0.2) is 0 Å². The highest BCUT2D eigenvalue weighted by molar-refractivity contribution is 7.80. The van der Waals surface area contributed by atoms with Crippen LogP contribution < -0.4 is 10.2 Å². The fourth-order valence-electron chi connectivity index (χ4n) is 4.47. The lowest BCUT2D eigenvalue weighted by Gasteiger charge is -2.30. The number of rotatable bonds is 5. The summed E-state index contributed by atoms with van der Waals surface area (Å²) in [5.41, 5.74) is 2.51. The van der Waals surface area contributed by atoms with E-state index in [4.69, 9.17) is 28.6 Å². The number of benzene rings is 1. The lowest BCUT2D eigenvalue weighted by atomic mass is 10.0. The number of anilines is 1. The molecular formula is C23H23ClN4O2S. The van der Waals surface area contributed by atoms with E-state index in [1.807, 2.05) is 29.2 Å². The van der Waals surface area contributed by atoms with E-state index in [1.54, 1.807) is 24.4 Å². The molecule has 3 aromatic rings. The van der Waals surface area contributed by atoms with Crippen LogP contribution in [0.25, 0.3) is 0 Å². The molecule has 0 saturated carbocycles. The van der Waals surface area contributed by atoms with Crippen LogP contribution in [0, 0.1) is 0 Å². The Morgan fingerprint density at radius 1 is 1.23 bits per heavy atom. The normalized spacial score (nSPS) is 23.3. The Hall–Kier alpha value is -2.61. The summed E-state index contributed by atoms with van der Waals surface area (Å²) in [6.07, 6.45) is 6.21. The predicted octanol–water partition coefficient (Wildman–Crippen LogP) is 4.60. The van der Waals surface area contributed by atoms with E-state index < -0.39 is 0 Å². The van der Waals surface area contributed by atoms with Crippen LogP contribution in [0.15, 0.2) is 60.9 Å². The van der Waals surface area contributed by atoms with Crippen molar-refractivity contribution in [1.82, 2.24) is 14.9 Å². The molecule has 0 aliphatic carbocycles. The first kappa shape index (κ1) is 20.3. The van der Waals surface area contributed by atoms with Crippen LogP contribution in [-0.2, 0) is 11.3 Å². The number of hydrogen-bond acceptors (Lipinski definition) is 4. The van der Waals surface area contributed by atoms with Gasteiger partial charge in [0.05, 0.1) is 23.5 Å². The van der Waals surface area contributed by atoms with Crippen molar-refractivity contribution < 1.29 is 9.84 Å². The van der Waals surface area contributed by atoms with Gasteiger partial charge in [0.2, 0.25) is 0 Å². The zero-order valence-electron chi connectivity index (χ0n) is 16.8. The lowest BCUT2D eigenvalue weighted by Crippen LogP contribution is -2.31. The van der Waals surface area contributed by atoms with Crippen LogP contribution in [0.5, 0.6) is 5.75 Å². The number of phenolic OH excluding ortho intramolecular Hbond substituents is 1. The van der Waals surface area contributed by atoms with Crippen molar-refractivity contribution in [1.29, 1.82) is 0 Å². The number of phenols is 1. The van der Waals surface area contributed by atoms with Crippen LogP contribution in [0.4, 0.5) is 5.69 Å². The molecular weight excluding hydrogens is 432 g/mol. The van der Waals surface area contributed by atoms with E-state index in [9.17, 15) is 5.11 Å². The number of ether oxygens (including phenoxy) is 1. The molecule has 31 heavy (non-hydrogen) atoms. The molecule has 6 nitrogen and oxygen atoms in total. The molecule has 1 aromatic carbocycles. The molecule has 0 bridgehead atoms. The summed E-state index contributed by atoms with van der Waals surface area (Å²) < 4.78 is 8.10. The summed E-state index contributed by atoms with van der Waals surface area (Å²) in [5, 5.41) is 15.1. The number of aromatic nitrogens is 2. The smallest absolute Gasteiger partial charge is 0.174 e. The van der Waals surface area contributed by atoms with Crippen LogP contribution in [0.1, 0.15) is 36.3 Å². The average molecular weight is 455 g/mol. The topological polar surface area (TPSA) is 62.5 Å². The number of nitrogens with zero attached hydrogens (tertiary/aromatic N) is 3. The molecule has 4 heterocycles. The molecule has 8 heteroatoms. The van der Waals surface area contributed by atoms with Gasteiger partial charge in [0.15, 0.2) is 5.11 Å². The second-order valence-electron chi connectivity index (χ2n) is 7.85. The Balaban J connectivity index is 1.60. The third kappa shape index (κ3) is 3.89. The second-order valence-corrected chi connectivity index (χ2v) is 8.67. The van der Waals surface area contributed by atoms with Crippen LogP contribution >= 0.6 is 23.8 Å². The first-order valence-corrected chi connectivity index (χ1v) is 11.2. The molecule has 2 aliphatic rings. The molecule has 0 spiro atoms. The van der Waals surface area contributed by atoms with E-state index in [2.05, 4.69) is 27.1 Å². The van der Waals surface area contributed by atoms with Gasteiger partial charge in [0.1, 0.15) is 11.8 Å². The average Bonchev–Trinajstić information content (AvgIpc) is 3.51. The van der Waals surface area contributed by atoms with Gasteiger partial charge < -0.3 is 24.6 Å². The van der Waals surface area contributed by atoms with Gasteiger partial charge in [-0.2, -0.15) is 0 Å². The number of hydrogen-bond donors (Lipinski definition) is 2. The fourth-order valence-corrected chi connectivity index (χ4v) is 4.98. The number of thiocarbonyl (C=S) groups is 1.